The number of nitrogens with zero attached hydrogens (tertiary/aromatic N) is 2. The van der Waals surface area contributed by atoms with E-state index in [4.69, 9.17) is 4.74 Å². The van der Waals surface area contributed by atoms with Crippen LogP contribution in [0, 0.1) is 22.9 Å². The summed E-state index contributed by atoms with van der Waals surface area (Å²) in [5, 5.41) is 11.0. The van der Waals surface area contributed by atoms with Crippen LogP contribution in [0.5, 0.6) is 5.75 Å². The lowest BCUT2D eigenvalue weighted by Crippen LogP contribution is -2.27. The Kier molecular flexibility index (Phi) is 4.74. The molecule has 0 aliphatic heterocycles. The van der Waals surface area contributed by atoms with Gasteiger partial charge in [-0.1, -0.05) is 6.07 Å². The summed E-state index contributed by atoms with van der Waals surface area (Å²) in [7, 11) is -1.57. The topological polar surface area (TPSA) is 89.8 Å². The third-order valence-corrected chi connectivity index (χ3v) is 5.36. The van der Waals surface area contributed by atoms with Crippen LogP contribution in [0.25, 0.3) is 0 Å². The van der Waals surface area contributed by atoms with Gasteiger partial charge in [0.1, 0.15) is 0 Å². The fourth-order valence-corrected chi connectivity index (χ4v) is 3.51. The summed E-state index contributed by atoms with van der Waals surface area (Å²) in [6.45, 7) is 1.45. The molecular formula is C15H15FN2O5S. The number of anilines is 1. The van der Waals surface area contributed by atoms with Crippen LogP contribution in [0.4, 0.5) is 15.8 Å². The average molecular weight is 354 g/mol. The van der Waals surface area contributed by atoms with Crippen molar-refractivity contribution in [3.05, 3.63) is 57.9 Å². The van der Waals surface area contributed by atoms with Gasteiger partial charge in [0.25, 0.3) is 15.7 Å². The van der Waals surface area contributed by atoms with Crippen molar-refractivity contribution >= 4 is 21.4 Å². The molecule has 24 heavy (non-hydrogen) atoms. The van der Waals surface area contributed by atoms with Gasteiger partial charge in [0.05, 0.1) is 28.2 Å². The lowest BCUT2D eigenvalue weighted by molar-refractivity contribution is -0.385. The van der Waals surface area contributed by atoms with Gasteiger partial charge >= 0.3 is 0 Å². The van der Waals surface area contributed by atoms with E-state index in [1.165, 1.54) is 51.4 Å². The van der Waals surface area contributed by atoms with Crippen molar-refractivity contribution in [3.63, 3.8) is 0 Å². The minimum absolute atomic E-state index is 0.0804. The highest BCUT2D eigenvalue weighted by Crippen LogP contribution is 2.31. The van der Waals surface area contributed by atoms with E-state index in [2.05, 4.69) is 0 Å². The fraction of sp³-hybridized carbons (Fsp3) is 0.200. The van der Waals surface area contributed by atoms with Gasteiger partial charge in [-0.2, -0.15) is 0 Å². The number of halogens is 1. The number of nitro groups is 1. The largest absolute Gasteiger partial charge is 0.494 e. The molecule has 0 bridgehead atoms. The maximum Gasteiger partial charge on any atom is 0.274 e. The van der Waals surface area contributed by atoms with Gasteiger partial charge in [-0.3, -0.25) is 14.4 Å². The van der Waals surface area contributed by atoms with E-state index in [1.54, 1.807) is 0 Å². The van der Waals surface area contributed by atoms with Crippen molar-refractivity contribution in [1.82, 2.24) is 0 Å². The predicted octanol–water partition coefficient (Wildman–Crippen LogP) is 2.88. The fourth-order valence-electron chi connectivity index (χ4n) is 2.25. The second kappa shape index (κ2) is 6.44. The maximum absolute atomic E-state index is 13.8. The summed E-state index contributed by atoms with van der Waals surface area (Å²) in [5.74, 6) is -0.897. The average Bonchev–Trinajstić information content (AvgIpc) is 2.54. The molecule has 0 amide bonds. The van der Waals surface area contributed by atoms with E-state index in [1.807, 2.05) is 0 Å². The van der Waals surface area contributed by atoms with Crippen LogP contribution in [0.15, 0.2) is 41.3 Å². The first-order valence-electron chi connectivity index (χ1n) is 6.76. The monoisotopic (exact) mass is 354 g/mol. The molecule has 0 N–H and O–H groups in total. The Labute approximate surface area is 138 Å². The van der Waals surface area contributed by atoms with Crippen LogP contribution < -0.4 is 9.04 Å². The highest BCUT2D eigenvalue weighted by atomic mass is 32.2. The molecule has 128 valence electrons. The van der Waals surface area contributed by atoms with Crippen LogP contribution in [-0.4, -0.2) is 27.5 Å². The number of nitro benzene ring substituents is 1. The van der Waals surface area contributed by atoms with Gasteiger partial charge in [-0.15, -0.1) is 0 Å². The Balaban J connectivity index is 2.52. The molecule has 0 aliphatic rings. The lowest BCUT2D eigenvalue weighted by Gasteiger charge is -2.21. The van der Waals surface area contributed by atoms with E-state index in [0.717, 1.165) is 10.4 Å². The van der Waals surface area contributed by atoms with Crippen LogP contribution in [-0.2, 0) is 10.0 Å². The Morgan fingerprint density at radius 3 is 2.46 bits per heavy atom. The van der Waals surface area contributed by atoms with Crippen molar-refractivity contribution < 1.29 is 22.5 Å². The number of hydrogen-bond donors (Lipinski definition) is 0. The van der Waals surface area contributed by atoms with Crippen molar-refractivity contribution in [2.75, 3.05) is 18.5 Å². The van der Waals surface area contributed by atoms with Gasteiger partial charge in [0.2, 0.25) is 0 Å². The molecule has 7 nitrogen and oxygen atoms in total. The summed E-state index contributed by atoms with van der Waals surface area (Å²) in [4.78, 5) is 10.1. The van der Waals surface area contributed by atoms with Crippen molar-refractivity contribution in [2.45, 2.75) is 11.8 Å². The van der Waals surface area contributed by atoms with Crippen LogP contribution >= 0.6 is 0 Å². The maximum atomic E-state index is 13.8. The first-order valence-corrected chi connectivity index (χ1v) is 8.20. The summed E-state index contributed by atoms with van der Waals surface area (Å²) < 4.78 is 44.8. The quantitative estimate of drug-likeness (QED) is 0.608. The Morgan fingerprint density at radius 1 is 1.25 bits per heavy atom. The van der Waals surface area contributed by atoms with Gasteiger partial charge in [-0.05, 0) is 31.2 Å². The van der Waals surface area contributed by atoms with Crippen molar-refractivity contribution in [1.29, 1.82) is 0 Å². The van der Waals surface area contributed by atoms with E-state index in [0.29, 0.717) is 0 Å². The molecule has 2 aromatic rings. The molecule has 9 heteroatoms. The number of ether oxygens (including phenoxy) is 1. The zero-order chi connectivity index (χ0) is 18.1. The molecule has 0 aromatic heterocycles. The van der Waals surface area contributed by atoms with E-state index < -0.39 is 20.8 Å². The first kappa shape index (κ1) is 17.7. The second-order valence-electron chi connectivity index (χ2n) is 4.95. The van der Waals surface area contributed by atoms with Gasteiger partial charge < -0.3 is 4.74 Å². The zero-order valence-electron chi connectivity index (χ0n) is 13.2. The minimum atomic E-state index is -4.09. The predicted molar refractivity (Wildman–Crippen MR) is 86.4 cm³/mol. The van der Waals surface area contributed by atoms with Crippen LogP contribution in [0.2, 0.25) is 0 Å². The van der Waals surface area contributed by atoms with Gasteiger partial charge in [-0.25, -0.2) is 12.8 Å². The molecule has 0 heterocycles. The van der Waals surface area contributed by atoms with Gasteiger partial charge in [0, 0.05) is 13.1 Å². The van der Waals surface area contributed by atoms with E-state index in [9.17, 15) is 22.9 Å². The third-order valence-electron chi connectivity index (χ3n) is 3.59. The highest BCUT2D eigenvalue weighted by molar-refractivity contribution is 7.92. The number of hydrogen-bond acceptors (Lipinski definition) is 5. The molecule has 0 fully saturated rings. The molecule has 0 atom stereocenters. The number of rotatable bonds is 5. The Bertz CT molecular complexity index is 899. The van der Waals surface area contributed by atoms with Crippen LogP contribution in [0.1, 0.15) is 5.56 Å². The molecule has 0 saturated carbocycles. The molecular weight excluding hydrogens is 339 g/mol. The SMILES string of the molecule is COc1ccc(S(=O)(=O)N(C)c2cccc([N+](=O)[O-])c2C)cc1F. The number of benzene rings is 2. The van der Waals surface area contributed by atoms with Gasteiger partial charge in [0.15, 0.2) is 11.6 Å². The molecule has 0 saturated heterocycles. The van der Waals surface area contributed by atoms with Crippen molar-refractivity contribution in [2.24, 2.45) is 0 Å². The van der Waals surface area contributed by atoms with E-state index in [-0.39, 0.29) is 27.6 Å². The highest BCUT2D eigenvalue weighted by Gasteiger charge is 2.26. The normalized spacial score (nSPS) is 11.2. The first-order chi connectivity index (χ1) is 11.2. The number of sulfonamides is 1. The molecule has 0 unspecified atom stereocenters. The summed E-state index contributed by atoms with van der Waals surface area (Å²) in [6, 6.07) is 7.38. The van der Waals surface area contributed by atoms with Crippen LogP contribution in [0.3, 0.4) is 0 Å². The molecule has 0 radical (unpaired) electrons. The molecule has 0 spiro atoms. The Hall–Kier alpha value is -2.68. The van der Waals surface area contributed by atoms with E-state index >= 15 is 0 Å². The number of methoxy groups -OCH3 is 1. The molecule has 0 aliphatic carbocycles. The Morgan fingerprint density at radius 2 is 1.92 bits per heavy atom. The summed E-state index contributed by atoms with van der Waals surface area (Å²) in [6.07, 6.45) is 0. The minimum Gasteiger partial charge on any atom is -0.494 e. The standard InChI is InChI=1S/C15H15FN2O5S/c1-10-13(5-4-6-14(10)18(19)20)17(2)24(21,22)11-7-8-15(23-3)12(16)9-11/h4-9H,1-3H3. The molecule has 2 aromatic carbocycles. The zero-order valence-corrected chi connectivity index (χ0v) is 14.0. The third kappa shape index (κ3) is 3.02. The lowest BCUT2D eigenvalue weighted by atomic mass is 10.1. The second-order valence-corrected chi connectivity index (χ2v) is 6.92. The summed E-state index contributed by atoms with van der Waals surface area (Å²) >= 11 is 0. The van der Waals surface area contributed by atoms with Crippen molar-refractivity contribution in [3.8, 4) is 5.75 Å². The summed E-state index contributed by atoms with van der Waals surface area (Å²) in [5.41, 5.74) is 0.137. The molecule has 2 rings (SSSR count). The smallest absolute Gasteiger partial charge is 0.274 e.